The fourth-order valence-electron chi connectivity index (χ4n) is 2.06. The molecule has 23 heavy (non-hydrogen) atoms. The predicted octanol–water partition coefficient (Wildman–Crippen LogP) is 0.630. The lowest BCUT2D eigenvalue weighted by Gasteiger charge is -2.13. The highest BCUT2D eigenvalue weighted by Gasteiger charge is 2.16. The van der Waals surface area contributed by atoms with E-state index < -0.39 is 17.9 Å². The van der Waals surface area contributed by atoms with E-state index in [1.54, 1.807) is 29.9 Å². The summed E-state index contributed by atoms with van der Waals surface area (Å²) in [5.74, 6) is -2.01. The minimum absolute atomic E-state index is 0.0688. The highest BCUT2D eigenvalue weighted by molar-refractivity contribution is 6.35. The molecule has 0 aliphatic carbocycles. The first-order chi connectivity index (χ1) is 11.0. The van der Waals surface area contributed by atoms with Crippen molar-refractivity contribution in [1.29, 1.82) is 0 Å². The molecule has 1 atom stereocenters. The van der Waals surface area contributed by atoms with Crippen molar-refractivity contribution in [2.24, 2.45) is 7.05 Å². The lowest BCUT2D eigenvalue weighted by molar-refractivity contribution is -0.139. The third-order valence-electron chi connectivity index (χ3n) is 3.35. The van der Waals surface area contributed by atoms with E-state index in [0.29, 0.717) is 11.3 Å². The minimum atomic E-state index is -0.899. The Morgan fingerprint density at radius 2 is 1.83 bits per heavy atom. The van der Waals surface area contributed by atoms with Crippen molar-refractivity contribution in [3.05, 3.63) is 59.7 Å². The van der Waals surface area contributed by atoms with Crippen LogP contribution in [0.2, 0.25) is 0 Å². The number of rotatable bonds is 5. The van der Waals surface area contributed by atoms with Gasteiger partial charge in [-0.25, -0.2) is 4.39 Å². The Kier molecular flexibility index (Phi) is 5.48. The van der Waals surface area contributed by atoms with Gasteiger partial charge in [0.2, 0.25) is 0 Å². The normalized spacial score (nSPS) is 11.8. The minimum Gasteiger partial charge on any atom is -0.385 e. The van der Waals surface area contributed by atoms with Crippen LogP contribution in [0.5, 0.6) is 0 Å². The van der Waals surface area contributed by atoms with Crippen molar-refractivity contribution in [3.8, 4) is 0 Å². The van der Waals surface area contributed by atoms with E-state index in [1.165, 1.54) is 24.3 Å². The summed E-state index contributed by atoms with van der Waals surface area (Å²) < 4.78 is 14.5. The highest BCUT2D eigenvalue weighted by atomic mass is 19.1. The van der Waals surface area contributed by atoms with E-state index in [9.17, 15) is 19.1 Å². The number of benzene rings is 1. The van der Waals surface area contributed by atoms with Gasteiger partial charge >= 0.3 is 11.8 Å². The quantitative estimate of drug-likeness (QED) is 0.707. The molecule has 1 heterocycles. The summed E-state index contributed by atoms with van der Waals surface area (Å²) in [7, 11) is 1.77. The molecule has 0 saturated carbocycles. The van der Waals surface area contributed by atoms with Crippen molar-refractivity contribution < 1.29 is 19.1 Å². The van der Waals surface area contributed by atoms with Gasteiger partial charge in [0.25, 0.3) is 0 Å². The smallest absolute Gasteiger partial charge is 0.309 e. The van der Waals surface area contributed by atoms with Gasteiger partial charge in [0.05, 0.1) is 0 Å². The molecular formula is C16H18FN3O3. The highest BCUT2D eigenvalue weighted by Crippen LogP contribution is 2.11. The molecule has 0 spiro atoms. The van der Waals surface area contributed by atoms with E-state index in [1.807, 2.05) is 0 Å². The average Bonchev–Trinajstić information content (AvgIpc) is 2.97. The maximum absolute atomic E-state index is 12.8. The van der Waals surface area contributed by atoms with Crippen LogP contribution in [0.4, 0.5) is 4.39 Å². The zero-order chi connectivity index (χ0) is 16.8. The molecule has 0 saturated heterocycles. The number of hydrogen-bond donors (Lipinski definition) is 3. The SMILES string of the molecule is Cn1cccc1[C@@H](O)CNC(=O)C(=O)NCc1ccc(F)cc1. The van der Waals surface area contributed by atoms with Crippen LogP contribution in [0, 0.1) is 5.82 Å². The number of halogens is 1. The van der Waals surface area contributed by atoms with Crippen LogP contribution in [0.25, 0.3) is 0 Å². The summed E-state index contributed by atoms with van der Waals surface area (Å²) in [4.78, 5) is 23.3. The number of aliphatic hydroxyl groups is 1. The fraction of sp³-hybridized carbons (Fsp3) is 0.250. The molecule has 2 aromatic rings. The van der Waals surface area contributed by atoms with Gasteiger partial charge in [-0.1, -0.05) is 12.1 Å². The molecule has 0 unspecified atom stereocenters. The summed E-state index contributed by atoms with van der Waals surface area (Å²) in [5.41, 5.74) is 1.31. The summed E-state index contributed by atoms with van der Waals surface area (Å²) >= 11 is 0. The standard InChI is InChI=1S/C16H18FN3O3/c1-20-8-2-3-13(20)14(21)10-19-16(23)15(22)18-9-11-4-6-12(17)7-5-11/h2-8,14,21H,9-10H2,1H3,(H,18,22)(H,19,23)/t14-/m0/s1. The summed E-state index contributed by atoms with van der Waals surface area (Å²) in [5, 5.41) is 14.7. The van der Waals surface area contributed by atoms with E-state index in [-0.39, 0.29) is 18.9 Å². The second-order valence-corrected chi connectivity index (χ2v) is 5.08. The number of nitrogens with zero attached hydrogens (tertiary/aromatic N) is 1. The van der Waals surface area contributed by atoms with Gasteiger partial charge in [-0.2, -0.15) is 0 Å². The third kappa shape index (κ3) is 4.65. The van der Waals surface area contributed by atoms with Crippen LogP contribution in [-0.2, 0) is 23.2 Å². The van der Waals surface area contributed by atoms with E-state index in [2.05, 4.69) is 10.6 Å². The first kappa shape index (κ1) is 16.7. The van der Waals surface area contributed by atoms with Crippen LogP contribution < -0.4 is 10.6 Å². The van der Waals surface area contributed by atoms with Gasteiger partial charge in [-0.05, 0) is 29.8 Å². The molecule has 0 fully saturated rings. The molecule has 0 bridgehead atoms. The second-order valence-electron chi connectivity index (χ2n) is 5.08. The van der Waals surface area contributed by atoms with Gasteiger partial charge in [-0.3, -0.25) is 9.59 Å². The maximum Gasteiger partial charge on any atom is 0.309 e. The summed E-state index contributed by atoms with van der Waals surface area (Å²) in [6.45, 7) is 0.0492. The second kappa shape index (κ2) is 7.55. The van der Waals surface area contributed by atoms with Crippen molar-refractivity contribution >= 4 is 11.8 Å². The van der Waals surface area contributed by atoms with Crippen LogP contribution in [-0.4, -0.2) is 28.0 Å². The Labute approximate surface area is 132 Å². The van der Waals surface area contributed by atoms with Gasteiger partial charge < -0.3 is 20.3 Å². The molecule has 0 aliphatic heterocycles. The van der Waals surface area contributed by atoms with Crippen molar-refractivity contribution in [1.82, 2.24) is 15.2 Å². The van der Waals surface area contributed by atoms with E-state index in [4.69, 9.17) is 0 Å². The van der Waals surface area contributed by atoms with Crippen LogP contribution in [0.3, 0.4) is 0 Å². The number of hydrogen-bond acceptors (Lipinski definition) is 3. The van der Waals surface area contributed by atoms with Gasteiger partial charge in [0.15, 0.2) is 0 Å². The molecule has 7 heteroatoms. The largest absolute Gasteiger partial charge is 0.385 e. The van der Waals surface area contributed by atoms with E-state index >= 15 is 0 Å². The van der Waals surface area contributed by atoms with Crippen molar-refractivity contribution in [3.63, 3.8) is 0 Å². The number of aromatic nitrogens is 1. The molecule has 122 valence electrons. The third-order valence-corrected chi connectivity index (χ3v) is 3.35. The van der Waals surface area contributed by atoms with E-state index in [0.717, 1.165) is 0 Å². The van der Waals surface area contributed by atoms with Gasteiger partial charge in [0.1, 0.15) is 11.9 Å². The Balaban J connectivity index is 1.77. The van der Waals surface area contributed by atoms with Crippen molar-refractivity contribution in [2.45, 2.75) is 12.6 Å². The number of carbonyl (C=O) groups is 2. The van der Waals surface area contributed by atoms with Crippen LogP contribution >= 0.6 is 0 Å². The molecule has 1 aromatic heterocycles. The molecule has 6 nitrogen and oxygen atoms in total. The molecule has 2 amide bonds. The number of aryl methyl sites for hydroxylation is 1. The molecular weight excluding hydrogens is 301 g/mol. The molecule has 0 radical (unpaired) electrons. The molecule has 0 aliphatic rings. The Hall–Kier alpha value is -2.67. The zero-order valence-electron chi connectivity index (χ0n) is 12.6. The zero-order valence-corrected chi connectivity index (χ0v) is 12.6. The average molecular weight is 319 g/mol. The monoisotopic (exact) mass is 319 g/mol. The van der Waals surface area contributed by atoms with Crippen LogP contribution in [0.15, 0.2) is 42.6 Å². The Morgan fingerprint density at radius 1 is 1.17 bits per heavy atom. The fourth-order valence-corrected chi connectivity index (χ4v) is 2.06. The molecule has 2 rings (SSSR count). The lowest BCUT2D eigenvalue weighted by atomic mass is 10.2. The van der Waals surface area contributed by atoms with Gasteiger partial charge in [-0.15, -0.1) is 0 Å². The topological polar surface area (TPSA) is 83.4 Å². The number of nitrogens with one attached hydrogen (secondary N) is 2. The van der Waals surface area contributed by atoms with Crippen LogP contribution in [0.1, 0.15) is 17.4 Å². The molecule has 3 N–H and O–H groups in total. The first-order valence-corrected chi connectivity index (χ1v) is 7.07. The first-order valence-electron chi connectivity index (χ1n) is 7.07. The Bertz CT molecular complexity index is 682. The number of aliphatic hydroxyl groups excluding tert-OH is 1. The Morgan fingerprint density at radius 3 is 2.43 bits per heavy atom. The van der Waals surface area contributed by atoms with Gasteiger partial charge in [0, 0.05) is 32.0 Å². The summed E-state index contributed by atoms with van der Waals surface area (Å²) in [6, 6.07) is 9.09. The summed E-state index contributed by atoms with van der Waals surface area (Å²) in [6.07, 6.45) is 0.874. The maximum atomic E-state index is 12.8. The predicted molar refractivity (Wildman–Crippen MR) is 81.6 cm³/mol. The number of carbonyl (C=O) groups excluding carboxylic acids is 2. The lowest BCUT2D eigenvalue weighted by Crippen LogP contribution is -2.41. The van der Waals surface area contributed by atoms with Crippen molar-refractivity contribution in [2.75, 3.05) is 6.54 Å². The number of amides is 2. The molecule has 1 aromatic carbocycles.